The van der Waals surface area contributed by atoms with Crippen molar-refractivity contribution in [2.75, 3.05) is 11.4 Å². The first-order chi connectivity index (χ1) is 24.4. The van der Waals surface area contributed by atoms with Gasteiger partial charge in [0.05, 0.1) is 11.4 Å². The number of hydrogen-bond donors (Lipinski definition) is 0. The maximum atomic E-state index is 12.9. The third kappa shape index (κ3) is 10.7. The summed E-state index contributed by atoms with van der Waals surface area (Å²) in [5.41, 5.74) is 3.63. The molecule has 0 saturated carbocycles. The molecule has 1 aliphatic rings. The fourth-order valence-electron chi connectivity index (χ4n) is 4.93. The Labute approximate surface area is 314 Å². The minimum atomic E-state index is -0.367. The van der Waals surface area contributed by atoms with E-state index in [0.29, 0.717) is 28.8 Å². The van der Waals surface area contributed by atoms with Gasteiger partial charge in [-0.1, -0.05) is 108 Å². The van der Waals surface area contributed by atoms with Crippen LogP contribution in [0.1, 0.15) is 38.8 Å². The van der Waals surface area contributed by atoms with E-state index in [1.54, 1.807) is 97.6 Å². The molecular formula is C42H33N3O4SZn. The molecule has 0 spiro atoms. The van der Waals surface area contributed by atoms with Gasteiger partial charge in [-0.25, -0.2) is 0 Å². The summed E-state index contributed by atoms with van der Waals surface area (Å²) in [5.74, 6) is -1.42. The number of anilines is 2. The van der Waals surface area contributed by atoms with E-state index in [9.17, 15) is 19.8 Å². The molecule has 0 amide bonds. The molecule has 0 bridgehead atoms. The molecule has 4 aromatic carbocycles. The molecule has 7 nitrogen and oxygen atoms in total. The van der Waals surface area contributed by atoms with Gasteiger partial charge < -0.3 is 15.1 Å². The molecular weight excluding hydrogens is 708 g/mol. The largest absolute Gasteiger partial charge is 2.00 e. The van der Waals surface area contributed by atoms with E-state index in [2.05, 4.69) is 14.9 Å². The zero-order valence-corrected chi connectivity index (χ0v) is 31.7. The number of carbonyl (C=O) groups excluding carboxylic acids is 2. The van der Waals surface area contributed by atoms with Gasteiger partial charge in [-0.2, -0.15) is 0 Å². The minimum Gasteiger partial charge on any atom is -0.872 e. The van der Waals surface area contributed by atoms with Gasteiger partial charge in [0.15, 0.2) is 11.6 Å². The number of nitrogens with zero attached hydrogens (tertiary/aromatic N) is 3. The summed E-state index contributed by atoms with van der Waals surface area (Å²) in [6.07, 6.45) is 9.24. The molecule has 248 valence electrons. The van der Waals surface area contributed by atoms with Crippen molar-refractivity contribution in [1.29, 1.82) is 0 Å². The quantitative estimate of drug-likeness (QED) is 0.0712. The first kappa shape index (κ1) is 38.2. The fourth-order valence-corrected chi connectivity index (χ4v) is 6.11. The van der Waals surface area contributed by atoms with Crippen LogP contribution in [0.5, 0.6) is 0 Å². The van der Waals surface area contributed by atoms with E-state index in [0.717, 1.165) is 33.3 Å². The number of rotatable bonds is 7. The summed E-state index contributed by atoms with van der Waals surface area (Å²) in [6.45, 7) is 2.71. The third-order valence-electron chi connectivity index (χ3n) is 7.38. The Balaban J connectivity index is 0.000000378. The number of ketones is 2. The maximum Gasteiger partial charge on any atom is 2.00 e. The second-order valence-electron chi connectivity index (χ2n) is 10.7. The van der Waals surface area contributed by atoms with Gasteiger partial charge in [-0.3, -0.25) is 19.6 Å². The van der Waals surface area contributed by atoms with Gasteiger partial charge >= 0.3 is 19.5 Å². The molecule has 0 fully saturated rings. The molecule has 3 heterocycles. The Morgan fingerprint density at radius 3 is 1.25 bits per heavy atom. The van der Waals surface area contributed by atoms with Gasteiger partial charge in [0.2, 0.25) is 0 Å². The second-order valence-corrected chi connectivity index (χ2v) is 11.8. The van der Waals surface area contributed by atoms with Crippen molar-refractivity contribution in [3.05, 3.63) is 193 Å². The van der Waals surface area contributed by atoms with E-state index >= 15 is 0 Å². The van der Waals surface area contributed by atoms with Crippen molar-refractivity contribution in [3.63, 3.8) is 0 Å². The molecule has 1 aliphatic heterocycles. The van der Waals surface area contributed by atoms with Gasteiger partial charge in [0, 0.05) is 52.3 Å². The van der Waals surface area contributed by atoms with Crippen LogP contribution >= 0.6 is 11.8 Å². The zero-order chi connectivity index (χ0) is 35.1. The molecule has 51 heavy (non-hydrogen) atoms. The molecule has 0 unspecified atom stereocenters. The predicted molar refractivity (Wildman–Crippen MR) is 196 cm³/mol. The van der Waals surface area contributed by atoms with Gasteiger partial charge in [0.25, 0.3) is 0 Å². The van der Waals surface area contributed by atoms with Crippen LogP contribution in [0.3, 0.4) is 0 Å². The van der Waals surface area contributed by atoms with Crippen LogP contribution in [0, 0.1) is 0 Å². The number of fused-ring (bicyclic) bond motifs is 2. The van der Waals surface area contributed by atoms with E-state index in [4.69, 9.17) is 0 Å². The second kappa shape index (κ2) is 19.5. The molecule has 0 saturated heterocycles. The first-order valence-electron chi connectivity index (χ1n) is 15.8. The van der Waals surface area contributed by atoms with Crippen LogP contribution in [0.25, 0.3) is 11.5 Å². The zero-order valence-electron chi connectivity index (χ0n) is 28.0. The topological polar surface area (TPSA) is 109 Å². The first-order valence-corrected chi connectivity index (χ1v) is 16.7. The normalized spacial score (nSPS) is 11.6. The minimum absolute atomic E-state index is 0. The van der Waals surface area contributed by atoms with E-state index in [1.807, 2.05) is 67.6 Å². The summed E-state index contributed by atoms with van der Waals surface area (Å²) in [4.78, 5) is 36.4. The molecule has 7 rings (SSSR count). The Kier molecular flexibility index (Phi) is 14.6. The van der Waals surface area contributed by atoms with Crippen molar-refractivity contribution in [2.45, 2.75) is 16.7 Å². The summed E-state index contributed by atoms with van der Waals surface area (Å²) >= 11 is 1.45. The maximum absolute atomic E-state index is 12.9. The predicted octanol–water partition coefficient (Wildman–Crippen LogP) is 7.64. The van der Waals surface area contributed by atoms with E-state index < -0.39 is 0 Å². The SMILES string of the molecule is CCN1c2ccc(/C([O-])=C/C(=O)c3ccccc3)cc2Sc2cc(/C([O-])=C/C(=O)c3ccccc3)ccc21.[Zn+2].c1ccncc1.c1ccncc1. The van der Waals surface area contributed by atoms with Crippen LogP contribution in [-0.2, 0) is 19.5 Å². The Morgan fingerprint density at radius 1 is 0.569 bits per heavy atom. The van der Waals surface area contributed by atoms with E-state index in [1.165, 1.54) is 11.8 Å². The molecule has 9 heteroatoms. The van der Waals surface area contributed by atoms with Crippen molar-refractivity contribution in [2.24, 2.45) is 0 Å². The van der Waals surface area contributed by atoms with Gasteiger partial charge in [0.1, 0.15) is 0 Å². The van der Waals surface area contributed by atoms with Crippen LogP contribution in [-0.4, -0.2) is 28.1 Å². The fraction of sp³-hybridized carbons (Fsp3) is 0.0476. The average molecular weight is 741 g/mol. The van der Waals surface area contributed by atoms with E-state index in [-0.39, 0.29) is 42.6 Å². The summed E-state index contributed by atoms with van der Waals surface area (Å²) in [6, 6.07) is 39.6. The van der Waals surface area contributed by atoms with Crippen LogP contribution < -0.4 is 15.1 Å². The van der Waals surface area contributed by atoms with Crippen molar-refractivity contribution in [1.82, 2.24) is 9.97 Å². The number of hydrogen-bond acceptors (Lipinski definition) is 8. The smallest absolute Gasteiger partial charge is 0.872 e. The summed E-state index contributed by atoms with van der Waals surface area (Å²) < 4.78 is 0. The monoisotopic (exact) mass is 739 g/mol. The average Bonchev–Trinajstić information content (AvgIpc) is 3.19. The molecule has 0 radical (unpaired) electrons. The summed E-state index contributed by atoms with van der Waals surface area (Å²) in [7, 11) is 0. The molecule has 6 aromatic rings. The van der Waals surface area contributed by atoms with Crippen molar-refractivity contribution in [3.8, 4) is 0 Å². The standard InChI is InChI=1S/C32H25NO4S.2C5H5N.Zn/c1-2-33-25-15-13-23(29(36)19-27(34)21-9-5-3-6-10-21)17-31(25)38-32-18-24(14-16-26(32)33)30(37)20-28(35)22-11-7-4-8-12-22;2*1-2-4-6-5-3-1;/h3-20,36-37H,2H2,1H3;2*1-5H;/q;;;+2/p-2/b29-19-,30-20-;;;. The molecule has 0 aliphatic carbocycles. The number of benzene rings is 4. The van der Waals surface area contributed by atoms with Crippen molar-refractivity contribution >= 4 is 46.2 Å². The summed E-state index contributed by atoms with van der Waals surface area (Å²) in [5, 5.41) is 25.8. The van der Waals surface area contributed by atoms with Crippen LogP contribution in [0.4, 0.5) is 11.4 Å². The van der Waals surface area contributed by atoms with Gasteiger partial charge in [-0.05, 0) is 78.7 Å². The number of aromatic nitrogens is 2. The number of pyridine rings is 2. The third-order valence-corrected chi connectivity index (χ3v) is 8.47. The Hall–Kier alpha value is -5.63. The molecule has 0 atom stereocenters. The molecule has 2 aromatic heterocycles. The van der Waals surface area contributed by atoms with Gasteiger partial charge in [-0.15, -0.1) is 0 Å². The van der Waals surface area contributed by atoms with Crippen LogP contribution in [0.15, 0.2) is 180 Å². The molecule has 0 N–H and O–H groups in total. The van der Waals surface area contributed by atoms with Crippen LogP contribution in [0.2, 0.25) is 0 Å². The number of allylic oxidation sites excluding steroid dienone is 2. The Bertz CT molecular complexity index is 1880. The Morgan fingerprint density at radius 2 is 0.941 bits per heavy atom. The number of carbonyl (C=O) groups is 2. The van der Waals surface area contributed by atoms with Crippen molar-refractivity contribution < 1.29 is 39.3 Å².